The number of hydrogen-bond acceptors (Lipinski definition) is 1. The van der Waals surface area contributed by atoms with E-state index < -0.39 is 0 Å². The molecule has 0 unspecified atom stereocenters. The Morgan fingerprint density at radius 2 is 1.67 bits per heavy atom. The third-order valence-corrected chi connectivity index (χ3v) is 5.57. The van der Waals surface area contributed by atoms with Crippen molar-refractivity contribution in [3.8, 4) is 0 Å². The van der Waals surface area contributed by atoms with Crippen LogP contribution >= 0.6 is 34.8 Å². The molecule has 0 spiro atoms. The molecule has 96 valence electrons. The quantitative estimate of drug-likeness (QED) is 0.568. The van der Waals surface area contributed by atoms with E-state index in [0.717, 1.165) is 0 Å². The predicted molar refractivity (Wildman–Crippen MR) is 88.1 cm³/mol. The van der Waals surface area contributed by atoms with Gasteiger partial charge in [0.05, 0.1) is 4.99 Å². The third-order valence-electron chi connectivity index (χ3n) is 4.20. The number of halogens is 1. The van der Waals surface area contributed by atoms with E-state index >= 15 is 0 Å². The van der Waals surface area contributed by atoms with Gasteiger partial charge in [-0.15, -0.1) is 0 Å². The van der Waals surface area contributed by atoms with Crippen LogP contribution in [0, 0.1) is 3.57 Å². The molecule has 1 aromatic carbocycles. The molecular weight excluding hydrogens is 353 g/mol. The highest BCUT2D eigenvalue weighted by atomic mass is 127. The molecule has 18 heavy (non-hydrogen) atoms. The van der Waals surface area contributed by atoms with Crippen molar-refractivity contribution in [2.24, 2.45) is 0 Å². The number of thiocarbonyl (C=S) groups is 1. The highest BCUT2D eigenvalue weighted by molar-refractivity contribution is 14.1. The molecule has 1 aliphatic heterocycles. The molecular formula is C15H18INS. The number of nitrogens with zero attached hydrogens (tertiary/aromatic N) is 1. The SMILES string of the molecule is S=C(N1CCCCC1)C1(c2ccc(I)cc2)CC1. The first-order valence-electron chi connectivity index (χ1n) is 6.78. The standard InChI is InChI=1S/C15H18INS/c16-13-6-4-12(5-7-13)15(8-9-15)14(18)17-10-2-1-3-11-17/h4-7H,1-3,8-11H2. The summed E-state index contributed by atoms with van der Waals surface area (Å²) in [5.41, 5.74) is 1.63. The second-order valence-electron chi connectivity index (χ2n) is 5.44. The molecule has 0 aromatic heterocycles. The Kier molecular flexibility index (Phi) is 3.63. The van der Waals surface area contributed by atoms with Gasteiger partial charge in [-0.2, -0.15) is 0 Å². The lowest BCUT2D eigenvalue weighted by Gasteiger charge is -2.33. The maximum atomic E-state index is 5.81. The van der Waals surface area contributed by atoms with Crippen LogP contribution in [0.1, 0.15) is 37.7 Å². The van der Waals surface area contributed by atoms with Crippen LogP contribution in [0.2, 0.25) is 0 Å². The minimum atomic E-state index is 0.205. The zero-order valence-corrected chi connectivity index (χ0v) is 13.5. The number of likely N-dealkylation sites (tertiary alicyclic amines) is 1. The molecule has 1 aliphatic carbocycles. The van der Waals surface area contributed by atoms with E-state index in [1.165, 1.54) is 59.3 Å². The lowest BCUT2D eigenvalue weighted by molar-refractivity contribution is 0.337. The average molecular weight is 371 g/mol. The highest BCUT2D eigenvalue weighted by Crippen LogP contribution is 2.50. The van der Waals surface area contributed by atoms with Crippen molar-refractivity contribution in [2.75, 3.05) is 13.1 Å². The first-order valence-corrected chi connectivity index (χ1v) is 8.26. The first kappa shape index (κ1) is 12.9. The molecule has 0 radical (unpaired) electrons. The van der Waals surface area contributed by atoms with Crippen LogP contribution in [-0.4, -0.2) is 23.0 Å². The molecule has 2 fully saturated rings. The third kappa shape index (κ3) is 2.31. The number of benzene rings is 1. The summed E-state index contributed by atoms with van der Waals surface area (Å²) in [6.45, 7) is 2.34. The van der Waals surface area contributed by atoms with Gasteiger partial charge in [-0.1, -0.05) is 24.4 Å². The molecule has 3 rings (SSSR count). The smallest absolute Gasteiger partial charge is 0.0886 e. The highest BCUT2D eigenvalue weighted by Gasteiger charge is 2.49. The van der Waals surface area contributed by atoms with Crippen molar-refractivity contribution in [2.45, 2.75) is 37.5 Å². The van der Waals surface area contributed by atoms with Gasteiger partial charge in [-0.25, -0.2) is 0 Å². The van der Waals surface area contributed by atoms with E-state index in [1.807, 2.05) is 0 Å². The van der Waals surface area contributed by atoms with Crippen molar-refractivity contribution < 1.29 is 0 Å². The van der Waals surface area contributed by atoms with Gasteiger partial charge in [0.15, 0.2) is 0 Å². The molecule has 1 heterocycles. The van der Waals surface area contributed by atoms with E-state index in [1.54, 1.807) is 0 Å². The van der Waals surface area contributed by atoms with Gasteiger partial charge < -0.3 is 4.90 Å². The molecule has 0 atom stereocenters. The number of piperidine rings is 1. The van der Waals surface area contributed by atoms with Gasteiger partial charge in [0, 0.05) is 22.1 Å². The Morgan fingerprint density at radius 3 is 2.22 bits per heavy atom. The second-order valence-corrected chi connectivity index (χ2v) is 7.07. The Morgan fingerprint density at radius 1 is 1.06 bits per heavy atom. The molecule has 1 nitrogen and oxygen atoms in total. The maximum absolute atomic E-state index is 5.81. The fourth-order valence-corrected chi connectivity index (χ4v) is 3.78. The van der Waals surface area contributed by atoms with Crippen molar-refractivity contribution in [1.29, 1.82) is 0 Å². The second kappa shape index (κ2) is 5.08. The summed E-state index contributed by atoms with van der Waals surface area (Å²) < 4.78 is 1.30. The summed E-state index contributed by atoms with van der Waals surface area (Å²) in [4.78, 5) is 3.67. The zero-order valence-electron chi connectivity index (χ0n) is 10.5. The fraction of sp³-hybridized carbons (Fsp3) is 0.533. The number of hydrogen-bond donors (Lipinski definition) is 0. The van der Waals surface area contributed by atoms with Crippen LogP contribution in [0.25, 0.3) is 0 Å². The Labute approximate surface area is 128 Å². The molecule has 0 bridgehead atoms. The van der Waals surface area contributed by atoms with E-state index in [-0.39, 0.29) is 5.41 Å². The van der Waals surface area contributed by atoms with Gasteiger partial charge in [0.25, 0.3) is 0 Å². The molecule has 0 amide bonds. The van der Waals surface area contributed by atoms with E-state index in [9.17, 15) is 0 Å². The van der Waals surface area contributed by atoms with E-state index in [4.69, 9.17) is 12.2 Å². The molecule has 1 saturated carbocycles. The first-order chi connectivity index (χ1) is 8.72. The number of rotatable bonds is 2. The fourth-order valence-electron chi connectivity index (χ4n) is 2.92. The van der Waals surface area contributed by atoms with Crippen LogP contribution in [0.4, 0.5) is 0 Å². The summed E-state index contributed by atoms with van der Waals surface area (Å²) in [7, 11) is 0. The van der Waals surface area contributed by atoms with E-state index in [0.29, 0.717) is 0 Å². The van der Waals surface area contributed by atoms with Crippen LogP contribution in [0.5, 0.6) is 0 Å². The molecule has 1 saturated heterocycles. The van der Waals surface area contributed by atoms with Gasteiger partial charge in [-0.05, 0) is 72.4 Å². The summed E-state index contributed by atoms with van der Waals surface area (Å²) in [5.74, 6) is 0. The molecule has 1 aromatic rings. The predicted octanol–water partition coefficient (Wildman–Crippen LogP) is 4.14. The average Bonchev–Trinajstić information content (AvgIpc) is 3.21. The lowest BCUT2D eigenvalue weighted by Crippen LogP contribution is -2.41. The summed E-state index contributed by atoms with van der Waals surface area (Å²) in [6.07, 6.45) is 6.47. The normalized spacial score (nSPS) is 21.7. The minimum absolute atomic E-state index is 0.205. The van der Waals surface area contributed by atoms with E-state index in [2.05, 4.69) is 51.8 Å². The van der Waals surface area contributed by atoms with Gasteiger partial charge in [0.1, 0.15) is 0 Å². The van der Waals surface area contributed by atoms with Crippen molar-refractivity contribution in [3.63, 3.8) is 0 Å². The zero-order chi connectivity index (χ0) is 12.6. The lowest BCUT2D eigenvalue weighted by atomic mass is 9.94. The van der Waals surface area contributed by atoms with Crippen LogP contribution in [0.3, 0.4) is 0 Å². The van der Waals surface area contributed by atoms with Gasteiger partial charge >= 0.3 is 0 Å². The van der Waals surface area contributed by atoms with Crippen LogP contribution < -0.4 is 0 Å². The maximum Gasteiger partial charge on any atom is 0.0886 e. The Hall–Kier alpha value is -0.160. The topological polar surface area (TPSA) is 3.24 Å². The Bertz CT molecular complexity index is 444. The van der Waals surface area contributed by atoms with Gasteiger partial charge in [0.2, 0.25) is 0 Å². The van der Waals surface area contributed by atoms with Gasteiger partial charge in [-0.3, -0.25) is 0 Å². The molecule has 2 aliphatic rings. The monoisotopic (exact) mass is 371 g/mol. The molecule has 0 N–H and O–H groups in total. The largest absolute Gasteiger partial charge is 0.365 e. The summed E-state index contributed by atoms with van der Waals surface area (Å²) >= 11 is 8.17. The Balaban J connectivity index is 1.81. The molecule has 3 heteroatoms. The van der Waals surface area contributed by atoms with Crippen molar-refractivity contribution >= 4 is 39.8 Å². The van der Waals surface area contributed by atoms with Crippen LogP contribution in [-0.2, 0) is 5.41 Å². The summed E-state index contributed by atoms with van der Waals surface area (Å²) in [6, 6.07) is 8.94. The van der Waals surface area contributed by atoms with Crippen molar-refractivity contribution in [3.05, 3.63) is 33.4 Å². The summed E-state index contributed by atoms with van der Waals surface area (Å²) in [5, 5.41) is 0. The minimum Gasteiger partial charge on any atom is -0.365 e. The van der Waals surface area contributed by atoms with Crippen LogP contribution in [0.15, 0.2) is 24.3 Å². The van der Waals surface area contributed by atoms with Crippen molar-refractivity contribution in [1.82, 2.24) is 4.90 Å².